The third-order valence-corrected chi connectivity index (χ3v) is 5.27. The second kappa shape index (κ2) is 9.02. The van der Waals surface area contributed by atoms with Crippen LogP contribution in [0.1, 0.15) is 6.92 Å². The van der Waals surface area contributed by atoms with E-state index in [-0.39, 0.29) is 16.9 Å². The highest BCUT2D eigenvalue weighted by atomic mass is 35.5. The van der Waals surface area contributed by atoms with E-state index >= 15 is 0 Å². The maximum atomic E-state index is 13.3. The van der Waals surface area contributed by atoms with Gasteiger partial charge < -0.3 is 14.5 Å². The fourth-order valence-corrected chi connectivity index (χ4v) is 3.48. The summed E-state index contributed by atoms with van der Waals surface area (Å²) in [7, 11) is 0. The summed E-state index contributed by atoms with van der Waals surface area (Å²) in [6.07, 6.45) is -1.08. The summed E-state index contributed by atoms with van der Waals surface area (Å²) < 4.78 is 24.9. The van der Waals surface area contributed by atoms with E-state index in [1.807, 2.05) is 0 Å². The van der Waals surface area contributed by atoms with Crippen molar-refractivity contribution in [2.24, 2.45) is 0 Å². The van der Waals surface area contributed by atoms with E-state index in [0.29, 0.717) is 26.9 Å². The molecule has 1 amide bonds. The van der Waals surface area contributed by atoms with Crippen LogP contribution in [-0.2, 0) is 4.79 Å². The lowest BCUT2D eigenvalue weighted by Gasteiger charge is -2.17. The van der Waals surface area contributed by atoms with Crippen LogP contribution in [0.2, 0.25) is 10.0 Å². The molecule has 0 aliphatic heterocycles. The molecule has 32 heavy (non-hydrogen) atoms. The molecule has 0 unspecified atom stereocenters. The molecule has 1 aromatic heterocycles. The van der Waals surface area contributed by atoms with Crippen LogP contribution < -0.4 is 15.5 Å². The SMILES string of the molecule is C[C@H](Oc1c(-c2ccccc2Cl)oc2ccc(Cl)cc2c1=O)C(=O)Nc1ccc(F)cc1. The molecular weight excluding hydrogens is 456 g/mol. The lowest BCUT2D eigenvalue weighted by Crippen LogP contribution is -2.31. The van der Waals surface area contributed by atoms with E-state index in [2.05, 4.69) is 5.32 Å². The van der Waals surface area contributed by atoms with Crippen molar-refractivity contribution in [3.05, 3.63) is 92.8 Å². The van der Waals surface area contributed by atoms with Crippen LogP contribution in [-0.4, -0.2) is 12.0 Å². The third-order valence-electron chi connectivity index (χ3n) is 4.70. The normalized spacial score (nSPS) is 11.9. The van der Waals surface area contributed by atoms with Crippen molar-refractivity contribution in [3.8, 4) is 17.1 Å². The van der Waals surface area contributed by atoms with Crippen molar-refractivity contribution in [2.45, 2.75) is 13.0 Å². The average molecular weight is 472 g/mol. The highest BCUT2D eigenvalue weighted by molar-refractivity contribution is 6.33. The predicted octanol–water partition coefficient (Wildman–Crippen LogP) is 6.31. The van der Waals surface area contributed by atoms with Gasteiger partial charge >= 0.3 is 0 Å². The minimum atomic E-state index is -1.08. The van der Waals surface area contributed by atoms with Crippen LogP contribution in [0.4, 0.5) is 10.1 Å². The Kier molecular flexibility index (Phi) is 6.17. The number of anilines is 1. The van der Waals surface area contributed by atoms with E-state index in [9.17, 15) is 14.0 Å². The highest BCUT2D eigenvalue weighted by Gasteiger charge is 2.24. The molecule has 0 saturated heterocycles. The van der Waals surface area contributed by atoms with Gasteiger partial charge in [-0.2, -0.15) is 0 Å². The van der Waals surface area contributed by atoms with Gasteiger partial charge in [-0.1, -0.05) is 35.3 Å². The van der Waals surface area contributed by atoms with Crippen molar-refractivity contribution in [1.82, 2.24) is 0 Å². The molecule has 0 aliphatic carbocycles. The van der Waals surface area contributed by atoms with Crippen molar-refractivity contribution in [3.63, 3.8) is 0 Å². The van der Waals surface area contributed by atoms with Gasteiger partial charge in [0.25, 0.3) is 5.91 Å². The number of carbonyl (C=O) groups excluding carboxylic acids is 1. The molecule has 0 aliphatic rings. The van der Waals surface area contributed by atoms with Gasteiger partial charge in [0.15, 0.2) is 11.9 Å². The van der Waals surface area contributed by atoms with Crippen LogP contribution in [0, 0.1) is 5.82 Å². The predicted molar refractivity (Wildman–Crippen MR) is 123 cm³/mol. The monoisotopic (exact) mass is 471 g/mol. The van der Waals surface area contributed by atoms with E-state index in [0.717, 1.165) is 0 Å². The number of ether oxygens (including phenoxy) is 1. The maximum Gasteiger partial charge on any atom is 0.265 e. The molecule has 1 heterocycles. The van der Waals surface area contributed by atoms with Gasteiger partial charge in [-0.15, -0.1) is 0 Å². The number of halogens is 3. The molecule has 0 fully saturated rings. The molecule has 4 aromatic rings. The van der Waals surface area contributed by atoms with Gasteiger partial charge in [-0.05, 0) is 61.5 Å². The number of hydrogen-bond acceptors (Lipinski definition) is 4. The number of carbonyl (C=O) groups is 1. The highest BCUT2D eigenvalue weighted by Crippen LogP contribution is 2.36. The van der Waals surface area contributed by atoms with Crippen LogP contribution in [0.5, 0.6) is 5.75 Å². The Bertz CT molecular complexity index is 1370. The summed E-state index contributed by atoms with van der Waals surface area (Å²) in [6.45, 7) is 1.48. The number of rotatable bonds is 5. The number of benzene rings is 3. The molecule has 3 aromatic carbocycles. The molecule has 5 nitrogen and oxygen atoms in total. The molecule has 4 rings (SSSR count). The standard InChI is InChI=1S/C24H16Cl2FNO4/c1-13(24(30)28-16-9-7-15(27)8-10-16)31-23-21(29)18-12-14(25)6-11-20(18)32-22(23)17-4-2-3-5-19(17)26/h2-13H,1H3,(H,28,30)/t13-/m0/s1. The molecule has 8 heteroatoms. The fourth-order valence-electron chi connectivity index (χ4n) is 3.09. The molecule has 0 saturated carbocycles. The third kappa shape index (κ3) is 4.47. The van der Waals surface area contributed by atoms with Crippen molar-refractivity contribution in [1.29, 1.82) is 0 Å². The van der Waals surface area contributed by atoms with Crippen molar-refractivity contribution >= 4 is 45.8 Å². The quantitative estimate of drug-likeness (QED) is 0.370. The fraction of sp³-hybridized carbons (Fsp3) is 0.0833. The molecule has 1 atom stereocenters. The summed E-state index contributed by atoms with van der Waals surface area (Å²) >= 11 is 12.4. The smallest absolute Gasteiger partial charge is 0.265 e. The van der Waals surface area contributed by atoms with Crippen LogP contribution >= 0.6 is 23.2 Å². The Morgan fingerprint density at radius 3 is 2.50 bits per heavy atom. The second-order valence-corrected chi connectivity index (χ2v) is 7.81. The Balaban J connectivity index is 1.76. The Labute approximate surface area is 192 Å². The van der Waals surface area contributed by atoms with Crippen LogP contribution in [0.25, 0.3) is 22.3 Å². The van der Waals surface area contributed by atoms with Gasteiger partial charge in [0.2, 0.25) is 11.2 Å². The zero-order valence-electron chi connectivity index (χ0n) is 16.7. The maximum absolute atomic E-state index is 13.3. The summed E-state index contributed by atoms with van der Waals surface area (Å²) in [5.74, 6) is -1.04. The minimum Gasteiger partial charge on any atom is -0.473 e. The average Bonchev–Trinajstić information content (AvgIpc) is 2.78. The van der Waals surface area contributed by atoms with E-state index < -0.39 is 23.3 Å². The zero-order valence-corrected chi connectivity index (χ0v) is 18.2. The Morgan fingerprint density at radius 2 is 1.78 bits per heavy atom. The van der Waals surface area contributed by atoms with Gasteiger partial charge in [-0.3, -0.25) is 9.59 Å². The molecule has 1 N–H and O–H groups in total. The number of fused-ring (bicyclic) bond motifs is 1. The van der Waals surface area contributed by atoms with Gasteiger partial charge in [-0.25, -0.2) is 4.39 Å². The van der Waals surface area contributed by atoms with Crippen LogP contribution in [0.15, 0.2) is 75.9 Å². The molecule has 0 radical (unpaired) electrons. The minimum absolute atomic E-state index is 0.0943. The van der Waals surface area contributed by atoms with Crippen molar-refractivity contribution in [2.75, 3.05) is 5.32 Å². The lowest BCUT2D eigenvalue weighted by molar-refractivity contribution is -0.122. The van der Waals surface area contributed by atoms with Crippen LogP contribution in [0.3, 0.4) is 0 Å². The second-order valence-electron chi connectivity index (χ2n) is 6.97. The lowest BCUT2D eigenvalue weighted by atomic mass is 10.1. The van der Waals surface area contributed by atoms with E-state index in [1.54, 1.807) is 36.4 Å². The van der Waals surface area contributed by atoms with Gasteiger partial charge in [0.1, 0.15) is 11.4 Å². The molecular formula is C24H16Cl2FNO4. The zero-order chi connectivity index (χ0) is 22.8. The number of nitrogens with one attached hydrogen (secondary N) is 1. The summed E-state index contributed by atoms with van der Waals surface area (Å²) in [4.78, 5) is 25.9. The van der Waals surface area contributed by atoms with Gasteiger partial charge in [0.05, 0.1) is 10.4 Å². The first-order valence-electron chi connectivity index (χ1n) is 9.58. The van der Waals surface area contributed by atoms with E-state index in [1.165, 1.54) is 37.3 Å². The number of amides is 1. The summed E-state index contributed by atoms with van der Waals surface area (Å²) in [5, 5.41) is 3.51. The first kappa shape index (κ1) is 21.9. The first-order valence-corrected chi connectivity index (χ1v) is 10.3. The summed E-state index contributed by atoms with van der Waals surface area (Å²) in [5.41, 5.74) is 0.620. The van der Waals surface area contributed by atoms with E-state index in [4.69, 9.17) is 32.4 Å². The number of hydrogen-bond donors (Lipinski definition) is 1. The largest absolute Gasteiger partial charge is 0.473 e. The molecule has 0 bridgehead atoms. The summed E-state index contributed by atoms with van der Waals surface area (Å²) in [6, 6.07) is 16.7. The van der Waals surface area contributed by atoms with Crippen molar-refractivity contribution < 1.29 is 18.3 Å². The topological polar surface area (TPSA) is 68.5 Å². The molecule has 162 valence electrons. The Morgan fingerprint density at radius 1 is 1.06 bits per heavy atom. The molecule has 0 spiro atoms. The van der Waals surface area contributed by atoms with Gasteiger partial charge in [0, 0.05) is 16.3 Å². The first-order chi connectivity index (χ1) is 15.3. The Hall–Kier alpha value is -3.35.